The first-order valence-electron chi connectivity index (χ1n) is 9.61. The first-order chi connectivity index (χ1) is 15.0. The summed E-state index contributed by atoms with van der Waals surface area (Å²) >= 11 is 1.57. The Hall–Kier alpha value is -3.97. The van der Waals surface area contributed by atoms with Crippen LogP contribution in [-0.4, -0.2) is 27.0 Å². The van der Waals surface area contributed by atoms with Crippen LogP contribution in [-0.2, 0) is 4.79 Å². The smallest absolute Gasteiger partial charge is 0.352 e. The number of nitrogens with one attached hydrogen (secondary N) is 2. The quantitative estimate of drug-likeness (QED) is 0.385. The molecule has 1 aliphatic heterocycles. The molecule has 5 rings (SSSR count). The minimum absolute atomic E-state index is 0.0904. The maximum Gasteiger partial charge on any atom is 0.352 e. The van der Waals surface area contributed by atoms with Crippen LogP contribution in [0.4, 0.5) is 5.69 Å². The third-order valence-corrected chi connectivity index (χ3v) is 6.09. The molecule has 1 amide bonds. The normalized spacial score (nSPS) is 14.0. The average Bonchev–Trinajstić information content (AvgIpc) is 3.47. The molecule has 31 heavy (non-hydrogen) atoms. The minimum Gasteiger partial charge on any atom is -0.477 e. The number of fused-ring (bicyclic) bond motifs is 1. The first kappa shape index (κ1) is 19.0. The van der Waals surface area contributed by atoms with E-state index in [1.807, 2.05) is 53.9 Å². The van der Waals surface area contributed by atoms with Crippen LogP contribution in [0.1, 0.15) is 27.3 Å². The highest BCUT2D eigenvalue weighted by Gasteiger charge is 2.25. The molecule has 2 aromatic heterocycles. The van der Waals surface area contributed by atoms with Crippen molar-refractivity contribution in [2.75, 3.05) is 5.32 Å². The number of carboxylic acids is 1. The number of aromatic nitrogens is 2. The Morgan fingerprint density at radius 1 is 1.10 bits per heavy atom. The largest absolute Gasteiger partial charge is 0.477 e. The summed E-state index contributed by atoms with van der Waals surface area (Å²) in [6.45, 7) is 1.81. The van der Waals surface area contributed by atoms with E-state index in [1.54, 1.807) is 30.4 Å². The molecule has 6 nitrogen and oxygen atoms in total. The highest BCUT2D eigenvalue weighted by Crippen LogP contribution is 2.37. The number of hydrogen-bond donors (Lipinski definition) is 3. The first-order valence-corrected chi connectivity index (χ1v) is 10.5. The fraction of sp³-hybridized carbons (Fsp3) is 0.0417. The summed E-state index contributed by atoms with van der Waals surface area (Å²) in [4.78, 5) is 31.5. The molecule has 0 unspecified atom stereocenters. The standard InChI is InChI=1S/C24H17N3O3S/c1-13-9-20(24(29)30)25-19(13)11-17-16-10-15(7-8-18(16)26-22(17)28)21-12-31-23(27-21)14-5-3-2-4-6-14/h2-12,25H,1H3,(H,26,28)(H,29,30). The molecule has 0 bridgehead atoms. The summed E-state index contributed by atoms with van der Waals surface area (Å²) in [6.07, 6.45) is 1.70. The number of benzene rings is 2. The van der Waals surface area contributed by atoms with Crippen molar-refractivity contribution in [2.24, 2.45) is 0 Å². The van der Waals surface area contributed by atoms with Crippen molar-refractivity contribution < 1.29 is 14.7 Å². The lowest BCUT2D eigenvalue weighted by Crippen LogP contribution is -2.03. The molecule has 7 heteroatoms. The molecule has 152 valence electrons. The zero-order chi connectivity index (χ0) is 21.5. The van der Waals surface area contributed by atoms with Gasteiger partial charge in [0.05, 0.1) is 11.3 Å². The average molecular weight is 427 g/mol. The van der Waals surface area contributed by atoms with E-state index in [2.05, 4.69) is 10.3 Å². The maximum atomic E-state index is 12.6. The fourth-order valence-corrected chi connectivity index (χ4v) is 4.43. The Morgan fingerprint density at radius 2 is 1.90 bits per heavy atom. The number of rotatable bonds is 4. The van der Waals surface area contributed by atoms with Gasteiger partial charge in [-0.05, 0) is 36.8 Å². The van der Waals surface area contributed by atoms with Crippen LogP contribution in [0.3, 0.4) is 0 Å². The van der Waals surface area contributed by atoms with Gasteiger partial charge in [-0.15, -0.1) is 11.3 Å². The second-order valence-electron chi connectivity index (χ2n) is 7.26. The minimum atomic E-state index is -1.04. The number of aryl methyl sites for hydroxylation is 1. The SMILES string of the molecule is Cc1cc(C(=O)O)[nH]c1C=C1C(=O)Nc2ccc(-c3csc(-c4ccccc4)n3)cc21. The highest BCUT2D eigenvalue weighted by atomic mass is 32.1. The maximum absolute atomic E-state index is 12.6. The third kappa shape index (κ3) is 3.45. The molecule has 3 N–H and O–H groups in total. The number of amides is 1. The van der Waals surface area contributed by atoms with E-state index in [0.29, 0.717) is 11.3 Å². The van der Waals surface area contributed by atoms with Crippen molar-refractivity contribution in [1.82, 2.24) is 9.97 Å². The lowest BCUT2D eigenvalue weighted by atomic mass is 10.0. The van der Waals surface area contributed by atoms with E-state index >= 15 is 0 Å². The van der Waals surface area contributed by atoms with Crippen LogP contribution < -0.4 is 5.32 Å². The summed E-state index contributed by atoms with van der Waals surface area (Å²) in [6, 6.07) is 17.3. The topological polar surface area (TPSA) is 95.1 Å². The molecular weight excluding hydrogens is 410 g/mol. The predicted molar refractivity (Wildman–Crippen MR) is 122 cm³/mol. The van der Waals surface area contributed by atoms with Crippen LogP contribution in [0.5, 0.6) is 0 Å². The summed E-state index contributed by atoms with van der Waals surface area (Å²) < 4.78 is 0. The molecule has 0 fully saturated rings. The number of aromatic carboxylic acids is 1. The molecule has 3 heterocycles. The van der Waals surface area contributed by atoms with Crippen molar-refractivity contribution in [3.63, 3.8) is 0 Å². The van der Waals surface area contributed by atoms with Gasteiger partial charge in [0.2, 0.25) is 0 Å². The molecular formula is C24H17N3O3S. The van der Waals surface area contributed by atoms with Gasteiger partial charge in [0, 0.05) is 33.5 Å². The van der Waals surface area contributed by atoms with Gasteiger partial charge in [0.1, 0.15) is 10.7 Å². The van der Waals surface area contributed by atoms with Crippen LogP contribution in [0, 0.1) is 6.92 Å². The second kappa shape index (κ2) is 7.37. The molecule has 2 aromatic carbocycles. The zero-order valence-corrected chi connectivity index (χ0v) is 17.3. The number of aromatic amines is 1. The Balaban J connectivity index is 1.54. The lowest BCUT2D eigenvalue weighted by Gasteiger charge is -2.03. The van der Waals surface area contributed by atoms with Gasteiger partial charge in [-0.3, -0.25) is 4.79 Å². The Labute approximate surface area is 181 Å². The van der Waals surface area contributed by atoms with Gasteiger partial charge in [-0.1, -0.05) is 36.4 Å². The van der Waals surface area contributed by atoms with E-state index in [1.165, 1.54) is 0 Å². The van der Waals surface area contributed by atoms with Gasteiger partial charge in [-0.25, -0.2) is 9.78 Å². The van der Waals surface area contributed by atoms with Gasteiger partial charge < -0.3 is 15.4 Å². The predicted octanol–water partition coefficient (Wildman–Crippen LogP) is 5.30. The number of hydrogen-bond acceptors (Lipinski definition) is 4. The van der Waals surface area contributed by atoms with Crippen molar-refractivity contribution in [2.45, 2.75) is 6.92 Å². The van der Waals surface area contributed by atoms with Crippen molar-refractivity contribution in [3.8, 4) is 21.8 Å². The molecule has 0 saturated carbocycles. The molecule has 0 atom stereocenters. The van der Waals surface area contributed by atoms with Crippen LogP contribution in [0.15, 0.2) is 60.0 Å². The number of thiazole rings is 1. The number of H-pyrrole nitrogens is 1. The second-order valence-corrected chi connectivity index (χ2v) is 8.12. The Kier molecular flexibility index (Phi) is 4.52. The number of carbonyl (C=O) groups excluding carboxylic acids is 1. The molecule has 0 aliphatic carbocycles. The van der Waals surface area contributed by atoms with Gasteiger partial charge in [0.15, 0.2) is 0 Å². The van der Waals surface area contributed by atoms with E-state index in [-0.39, 0.29) is 11.6 Å². The van der Waals surface area contributed by atoms with Crippen LogP contribution in [0.25, 0.3) is 33.5 Å². The number of nitrogens with zero attached hydrogens (tertiary/aromatic N) is 1. The molecule has 4 aromatic rings. The monoisotopic (exact) mass is 427 g/mol. The zero-order valence-electron chi connectivity index (χ0n) is 16.5. The molecule has 0 saturated heterocycles. The van der Waals surface area contributed by atoms with E-state index < -0.39 is 5.97 Å². The Morgan fingerprint density at radius 3 is 2.65 bits per heavy atom. The summed E-state index contributed by atoms with van der Waals surface area (Å²) in [7, 11) is 0. The fourth-order valence-electron chi connectivity index (χ4n) is 3.59. The summed E-state index contributed by atoms with van der Waals surface area (Å²) in [5.41, 5.74) is 6.24. The van der Waals surface area contributed by atoms with Gasteiger partial charge in [0.25, 0.3) is 5.91 Å². The van der Waals surface area contributed by atoms with E-state index in [4.69, 9.17) is 4.98 Å². The molecule has 1 aliphatic rings. The number of anilines is 1. The lowest BCUT2D eigenvalue weighted by molar-refractivity contribution is -0.110. The van der Waals surface area contributed by atoms with Gasteiger partial charge in [-0.2, -0.15) is 0 Å². The van der Waals surface area contributed by atoms with Crippen LogP contribution in [0.2, 0.25) is 0 Å². The number of carbonyl (C=O) groups is 2. The van der Waals surface area contributed by atoms with Crippen molar-refractivity contribution in [1.29, 1.82) is 0 Å². The number of carboxylic acid groups (broad SMARTS) is 1. The summed E-state index contributed by atoms with van der Waals surface area (Å²) in [5.74, 6) is -1.26. The third-order valence-electron chi connectivity index (χ3n) is 5.20. The van der Waals surface area contributed by atoms with Crippen molar-refractivity contribution in [3.05, 3.63) is 82.5 Å². The van der Waals surface area contributed by atoms with E-state index in [9.17, 15) is 14.7 Å². The summed E-state index contributed by atoms with van der Waals surface area (Å²) in [5, 5.41) is 15.0. The molecule has 0 spiro atoms. The van der Waals surface area contributed by atoms with Crippen LogP contribution >= 0.6 is 11.3 Å². The van der Waals surface area contributed by atoms with Gasteiger partial charge >= 0.3 is 5.97 Å². The Bertz CT molecular complexity index is 1370. The highest BCUT2D eigenvalue weighted by molar-refractivity contribution is 7.13. The molecule has 0 radical (unpaired) electrons. The van der Waals surface area contributed by atoms with E-state index in [0.717, 1.165) is 38.6 Å². The van der Waals surface area contributed by atoms with Crippen molar-refractivity contribution >= 4 is 40.5 Å².